The largest absolute Gasteiger partial charge is 0.494 e. The van der Waals surface area contributed by atoms with E-state index in [0.29, 0.717) is 16.6 Å². The summed E-state index contributed by atoms with van der Waals surface area (Å²) < 4.78 is 32.9. The molecule has 24 heavy (non-hydrogen) atoms. The molecule has 5 nitrogen and oxygen atoms in total. The minimum absolute atomic E-state index is 0.145. The number of nitrogens with two attached hydrogens (primary N) is 1. The SMILES string of the molecule is COc1ccc(/C=C/c2nn(C(N)=O)c3cc(F)ccc23)cc1F. The van der Waals surface area contributed by atoms with Crippen LogP contribution < -0.4 is 10.5 Å². The quantitative estimate of drug-likeness (QED) is 0.800. The van der Waals surface area contributed by atoms with Crippen LogP contribution >= 0.6 is 0 Å². The van der Waals surface area contributed by atoms with Gasteiger partial charge in [-0.3, -0.25) is 0 Å². The summed E-state index contributed by atoms with van der Waals surface area (Å²) in [6.45, 7) is 0. The molecular weight excluding hydrogens is 316 g/mol. The van der Waals surface area contributed by atoms with E-state index in [0.717, 1.165) is 4.68 Å². The molecule has 0 unspecified atom stereocenters. The number of rotatable bonds is 3. The Morgan fingerprint density at radius 2 is 2.00 bits per heavy atom. The van der Waals surface area contributed by atoms with E-state index < -0.39 is 17.7 Å². The molecule has 7 heteroatoms. The van der Waals surface area contributed by atoms with Crippen molar-refractivity contribution in [2.45, 2.75) is 0 Å². The number of fused-ring (bicyclic) bond motifs is 1. The van der Waals surface area contributed by atoms with Crippen LogP contribution in [0.2, 0.25) is 0 Å². The molecule has 0 spiro atoms. The van der Waals surface area contributed by atoms with E-state index in [1.165, 1.54) is 37.4 Å². The highest BCUT2D eigenvalue weighted by atomic mass is 19.1. The Balaban J connectivity index is 2.04. The summed E-state index contributed by atoms with van der Waals surface area (Å²) >= 11 is 0. The number of benzene rings is 2. The molecule has 1 aromatic heterocycles. The first-order valence-electron chi connectivity index (χ1n) is 6.99. The van der Waals surface area contributed by atoms with Gasteiger partial charge >= 0.3 is 6.03 Å². The summed E-state index contributed by atoms with van der Waals surface area (Å²) in [7, 11) is 1.38. The Morgan fingerprint density at radius 3 is 2.67 bits per heavy atom. The average Bonchev–Trinajstić information content (AvgIpc) is 2.91. The van der Waals surface area contributed by atoms with Gasteiger partial charge in [0.25, 0.3) is 0 Å². The molecule has 1 amide bonds. The number of hydrogen-bond acceptors (Lipinski definition) is 3. The van der Waals surface area contributed by atoms with Gasteiger partial charge in [0, 0.05) is 11.5 Å². The van der Waals surface area contributed by atoms with Crippen molar-refractivity contribution in [3.63, 3.8) is 0 Å². The normalized spacial score (nSPS) is 11.3. The number of amides is 1. The first-order chi connectivity index (χ1) is 11.5. The summed E-state index contributed by atoms with van der Waals surface area (Å²) in [5, 5.41) is 4.63. The van der Waals surface area contributed by atoms with E-state index >= 15 is 0 Å². The van der Waals surface area contributed by atoms with Gasteiger partial charge in [-0.05, 0) is 35.9 Å². The van der Waals surface area contributed by atoms with Crippen LogP contribution in [0.25, 0.3) is 23.1 Å². The smallest absolute Gasteiger partial charge is 0.340 e. The van der Waals surface area contributed by atoms with Crippen molar-refractivity contribution >= 4 is 29.1 Å². The molecule has 0 aliphatic carbocycles. The van der Waals surface area contributed by atoms with Crippen LogP contribution in [0.15, 0.2) is 36.4 Å². The lowest BCUT2D eigenvalue weighted by molar-refractivity contribution is 0.248. The first-order valence-corrected chi connectivity index (χ1v) is 6.99. The van der Waals surface area contributed by atoms with E-state index in [2.05, 4.69) is 5.10 Å². The Labute approximate surface area is 135 Å². The van der Waals surface area contributed by atoms with Crippen molar-refractivity contribution < 1.29 is 18.3 Å². The molecule has 3 aromatic rings. The number of methoxy groups -OCH3 is 1. The minimum Gasteiger partial charge on any atom is -0.494 e. The van der Waals surface area contributed by atoms with Crippen LogP contribution in [0.1, 0.15) is 11.3 Å². The molecule has 0 bridgehead atoms. The third kappa shape index (κ3) is 2.83. The topological polar surface area (TPSA) is 70.1 Å². The summed E-state index contributed by atoms with van der Waals surface area (Å²) in [5.74, 6) is -0.849. The summed E-state index contributed by atoms with van der Waals surface area (Å²) in [5.41, 5.74) is 6.52. The fourth-order valence-electron chi connectivity index (χ4n) is 2.36. The lowest BCUT2D eigenvalue weighted by Crippen LogP contribution is -2.20. The molecule has 1 heterocycles. The zero-order valence-electron chi connectivity index (χ0n) is 12.7. The Hall–Kier alpha value is -3.22. The summed E-state index contributed by atoms with van der Waals surface area (Å²) in [4.78, 5) is 11.4. The van der Waals surface area contributed by atoms with Gasteiger partial charge in [-0.25, -0.2) is 13.6 Å². The number of ether oxygens (including phenoxy) is 1. The van der Waals surface area contributed by atoms with Gasteiger partial charge in [-0.15, -0.1) is 0 Å². The van der Waals surface area contributed by atoms with Gasteiger partial charge in [0.05, 0.1) is 18.3 Å². The highest BCUT2D eigenvalue weighted by molar-refractivity contribution is 5.95. The molecule has 0 saturated heterocycles. The Bertz CT molecular complexity index is 964. The molecule has 0 radical (unpaired) electrons. The second-order valence-electron chi connectivity index (χ2n) is 5.02. The Kier molecular flexibility index (Phi) is 3.99. The predicted octanol–water partition coefficient (Wildman–Crippen LogP) is 3.42. The number of halogens is 2. The van der Waals surface area contributed by atoms with Crippen LogP contribution in [0.3, 0.4) is 0 Å². The standard InChI is InChI=1S/C17H13F2N3O2/c1-24-16-7-3-10(8-13(16)19)2-6-14-12-5-4-11(18)9-15(12)22(21-14)17(20)23/h2-9H,1H3,(H2,20,23)/b6-2+. The highest BCUT2D eigenvalue weighted by Crippen LogP contribution is 2.23. The monoisotopic (exact) mass is 329 g/mol. The Morgan fingerprint density at radius 1 is 1.21 bits per heavy atom. The van der Waals surface area contributed by atoms with Gasteiger partial charge in [-0.2, -0.15) is 9.78 Å². The molecule has 0 fully saturated rings. The molecule has 0 saturated carbocycles. The molecule has 2 aromatic carbocycles. The van der Waals surface area contributed by atoms with E-state index in [-0.39, 0.29) is 11.3 Å². The predicted molar refractivity (Wildman–Crippen MR) is 86.6 cm³/mol. The van der Waals surface area contributed by atoms with Crippen molar-refractivity contribution in [2.75, 3.05) is 7.11 Å². The molecule has 122 valence electrons. The molecule has 0 aliphatic heterocycles. The fraction of sp³-hybridized carbons (Fsp3) is 0.0588. The van der Waals surface area contributed by atoms with Gasteiger partial charge in [0.15, 0.2) is 11.6 Å². The highest BCUT2D eigenvalue weighted by Gasteiger charge is 2.12. The zero-order chi connectivity index (χ0) is 17.3. The van der Waals surface area contributed by atoms with Crippen molar-refractivity contribution in [3.8, 4) is 5.75 Å². The zero-order valence-corrected chi connectivity index (χ0v) is 12.7. The van der Waals surface area contributed by atoms with Crippen LogP contribution in [0.5, 0.6) is 5.75 Å². The summed E-state index contributed by atoms with van der Waals surface area (Å²) in [6, 6.07) is 7.61. The number of carbonyl (C=O) groups excluding carboxylic acids is 1. The number of nitrogens with zero attached hydrogens (tertiary/aromatic N) is 2. The minimum atomic E-state index is -0.819. The maximum Gasteiger partial charge on any atom is 0.340 e. The second-order valence-corrected chi connectivity index (χ2v) is 5.02. The van der Waals surface area contributed by atoms with Gasteiger partial charge in [0.2, 0.25) is 0 Å². The lowest BCUT2D eigenvalue weighted by atomic mass is 10.1. The van der Waals surface area contributed by atoms with E-state index in [1.54, 1.807) is 18.2 Å². The van der Waals surface area contributed by atoms with Crippen LogP contribution in [-0.4, -0.2) is 22.9 Å². The third-order valence-corrected chi connectivity index (χ3v) is 3.49. The molecule has 0 atom stereocenters. The van der Waals surface area contributed by atoms with Crippen molar-refractivity contribution in [1.29, 1.82) is 0 Å². The van der Waals surface area contributed by atoms with Gasteiger partial charge in [-0.1, -0.05) is 12.1 Å². The van der Waals surface area contributed by atoms with Gasteiger partial charge < -0.3 is 10.5 Å². The fourth-order valence-corrected chi connectivity index (χ4v) is 2.36. The van der Waals surface area contributed by atoms with Crippen molar-refractivity contribution in [3.05, 3.63) is 59.3 Å². The number of carbonyl (C=O) groups is 1. The maximum absolute atomic E-state index is 13.7. The lowest BCUT2D eigenvalue weighted by Gasteiger charge is -2.01. The third-order valence-electron chi connectivity index (χ3n) is 3.49. The first kappa shape index (κ1) is 15.7. The molecule has 2 N–H and O–H groups in total. The maximum atomic E-state index is 13.7. The van der Waals surface area contributed by atoms with Crippen molar-refractivity contribution in [1.82, 2.24) is 9.78 Å². The van der Waals surface area contributed by atoms with Crippen LogP contribution in [0.4, 0.5) is 13.6 Å². The van der Waals surface area contributed by atoms with Crippen LogP contribution in [-0.2, 0) is 0 Å². The molecular formula is C17H13F2N3O2. The number of aromatic nitrogens is 2. The molecule has 0 aliphatic rings. The molecule has 3 rings (SSSR count). The van der Waals surface area contributed by atoms with Gasteiger partial charge in [0.1, 0.15) is 5.82 Å². The summed E-state index contributed by atoms with van der Waals surface area (Å²) in [6.07, 6.45) is 3.22. The van der Waals surface area contributed by atoms with E-state index in [1.807, 2.05) is 0 Å². The van der Waals surface area contributed by atoms with E-state index in [4.69, 9.17) is 10.5 Å². The van der Waals surface area contributed by atoms with E-state index in [9.17, 15) is 13.6 Å². The number of hydrogen-bond donors (Lipinski definition) is 1. The average molecular weight is 329 g/mol. The van der Waals surface area contributed by atoms with Crippen molar-refractivity contribution in [2.24, 2.45) is 5.73 Å². The number of primary amides is 1. The second kappa shape index (κ2) is 6.11. The van der Waals surface area contributed by atoms with Crippen LogP contribution in [0, 0.1) is 11.6 Å².